The van der Waals surface area contributed by atoms with Gasteiger partial charge in [-0.3, -0.25) is 4.79 Å². The van der Waals surface area contributed by atoms with Crippen LogP contribution >= 0.6 is 0 Å². The van der Waals surface area contributed by atoms with Gasteiger partial charge in [-0.05, 0) is 62.6 Å². The molecule has 1 aliphatic heterocycles. The van der Waals surface area contributed by atoms with Crippen LogP contribution in [0.2, 0.25) is 0 Å². The van der Waals surface area contributed by atoms with Gasteiger partial charge in [-0.1, -0.05) is 0 Å². The molecule has 29 heavy (non-hydrogen) atoms. The molecule has 0 unspecified atom stereocenters. The zero-order valence-corrected chi connectivity index (χ0v) is 16.9. The number of piperidine rings is 1. The molecule has 0 bridgehead atoms. The Labute approximate surface area is 169 Å². The number of rotatable bonds is 3. The summed E-state index contributed by atoms with van der Waals surface area (Å²) >= 11 is 0. The Morgan fingerprint density at radius 2 is 1.93 bits per heavy atom. The Bertz CT molecular complexity index is 1210. The van der Waals surface area contributed by atoms with Crippen LogP contribution in [0.3, 0.4) is 0 Å². The van der Waals surface area contributed by atoms with Crippen molar-refractivity contribution >= 4 is 28.0 Å². The molecule has 0 spiro atoms. The molecule has 4 heterocycles. The lowest BCUT2D eigenvalue weighted by Gasteiger charge is -2.26. The van der Waals surface area contributed by atoms with Gasteiger partial charge >= 0.3 is 0 Å². The minimum atomic E-state index is 0.116. The lowest BCUT2D eigenvalue weighted by Crippen LogP contribution is -2.35. The number of hydrogen-bond donors (Lipinski definition) is 0. The molecule has 0 atom stereocenters. The van der Waals surface area contributed by atoms with E-state index < -0.39 is 0 Å². The second-order valence-electron chi connectivity index (χ2n) is 7.74. The second kappa shape index (κ2) is 7.03. The van der Waals surface area contributed by atoms with Crippen molar-refractivity contribution in [3.63, 3.8) is 0 Å². The number of aromatic nitrogens is 4. The molecule has 0 saturated carbocycles. The van der Waals surface area contributed by atoms with Crippen LogP contribution in [0, 0.1) is 0 Å². The first-order valence-electron chi connectivity index (χ1n) is 10.4. The quantitative estimate of drug-likeness (QED) is 0.528. The van der Waals surface area contributed by atoms with Crippen LogP contribution in [0.25, 0.3) is 33.6 Å². The SMILES string of the molecule is CCn1c(-c2nc3cc(C(=O)N4CCCCC4)ccc3n2C)cc2cccnc21. The van der Waals surface area contributed by atoms with Crippen LogP contribution in [0.4, 0.5) is 0 Å². The molecule has 148 valence electrons. The first kappa shape index (κ1) is 17.9. The molecule has 6 nitrogen and oxygen atoms in total. The average molecular weight is 387 g/mol. The molecule has 0 aliphatic carbocycles. The molecule has 1 saturated heterocycles. The van der Waals surface area contributed by atoms with Crippen molar-refractivity contribution in [1.82, 2.24) is 24.0 Å². The van der Waals surface area contributed by atoms with Crippen molar-refractivity contribution in [3.8, 4) is 11.5 Å². The number of aryl methyl sites for hydroxylation is 2. The fourth-order valence-electron chi connectivity index (χ4n) is 4.43. The second-order valence-corrected chi connectivity index (χ2v) is 7.74. The molecule has 3 aromatic heterocycles. The largest absolute Gasteiger partial charge is 0.339 e. The number of benzene rings is 1. The number of likely N-dealkylation sites (tertiary alicyclic amines) is 1. The predicted molar refractivity (Wildman–Crippen MR) is 115 cm³/mol. The van der Waals surface area contributed by atoms with Gasteiger partial charge in [0.15, 0.2) is 5.82 Å². The van der Waals surface area contributed by atoms with Crippen molar-refractivity contribution < 1.29 is 4.79 Å². The minimum Gasteiger partial charge on any atom is -0.339 e. The summed E-state index contributed by atoms with van der Waals surface area (Å²) in [5.74, 6) is 1.01. The number of carbonyl (C=O) groups excluding carboxylic acids is 1. The Morgan fingerprint density at radius 3 is 2.72 bits per heavy atom. The summed E-state index contributed by atoms with van der Waals surface area (Å²) in [6, 6.07) is 12.1. The molecule has 1 fully saturated rings. The summed E-state index contributed by atoms with van der Waals surface area (Å²) in [6.07, 6.45) is 5.23. The normalized spacial score (nSPS) is 14.8. The summed E-state index contributed by atoms with van der Waals surface area (Å²) in [7, 11) is 2.03. The summed E-state index contributed by atoms with van der Waals surface area (Å²) in [4.78, 5) is 24.3. The molecule has 0 radical (unpaired) electrons. The summed E-state index contributed by atoms with van der Waals surface area (Å²) < 4.78 is 4.29. The van der Waals surface area contributed by atoms with Gasteiger partial charge in [-0.25, -0.2) is 9.97 Å². The van der Waals surface area contributed by atoms with Gasteiger partial charge in [0, 0.05) is 43.8 Å². The van der Waals surface area contributed by atoms with Gasteiger partial charge in [-0.2, -0.15) is 0 Å². The van der Waals surface area contributed by atoms with Crippen molar-refractivity contribution in [1.29, 1.82) is 0 Å². The zero-order chi connectivity index (χ0) is 20.0. The fourth-order valence-corrected chi connectivity index (χ4v) is 4.43. The first-order chi connectivity index (χ1) is 14.2. The number of amides is 1. The maximum absolute atomic E-state index is 12.9. The highest BCUT2D eigenvalue weighted by atomic mass is 16.2. The van der Waals surface area contributed by atoms with Crippen LogP contribution in [-0.2, 0) is 13.6 Å². The van der Waals surface area contributed by atoms with Gasteiger partial charge in [0.25, 0.3) is 5.91 Å². The first-order valence-corrected chi connectivity index (χ1v) is 10.4. The summed E-state index contributed by atoms with van der Waals surface area (Å²) in [5.41, 5.74) is 4.62. The number of nitrogens with zero attached hydrogens (tertiary/aromatic N) is 5. The van der Waals surface area contributed by atoms with E-state index in [4.69, 9.17) is 4.98 Å². The topological polar surface area (TPSA) is 56.0 Å². The van der Waals surface area contributed by atoms with Gasteiger partial charge in [0.1, 0.15) is 5.65 Å². The molecule has 4 aromatic rings. The van der Waals surface area contributed by atoms with Crippen LogP contribution < -0.4 is 0 Å². The molecule has 1 aromatic carbocycles. The standard InChI is InChI=1S/C23H25N5O/c1-3-28-20(15-16-8-7-11-24-21(16)28)22-25-18-14-17(9-10-19(18)26(22)2)23(29)27-12-5-4-6-13-27/h7-11,14-15H,3-6,12-13H2,1-2H3. The lowest BCUT2D eigenvalue weighted by atomic mass is 10.1. The number of imidazole rings is 1. The van der Waals surface area contributed by atoms with Crippen LogP contribution in [0.1, 0.15) is 36.5 Å². The van der Waals surface area contributed by atoms with Crippen LogP contribution in [-0.4, -0.2) is 43.0 Å². The minimum absolute atomic E-state index is 0.116. The number of carbonyl (C=O) groups is 1. The average Bonchev–Trinajstić information content (AvgIpc) is 3.30. The Balaban J connectivity index is 1.60. The highest BCUT2D eigenvalue weighted by Crippen LogP contribution is 2.29. The van der Waals surface area contributed by atoms with E-state index in [1.807, 2.05) is 42.4 Å². The Hall–Kier alpha value is -3.15. The monoisotopic (exact) mass is 387 g/mol. The van der Waals surface area contributed by atoms with Crippen molar-refractivity contribution in [3.05, 3.63) is 48.2 Å². The molecule has 6 heteroatoms. The van der Waals surface area contributed by atoms with E-state index in [0.29, 0.717) is 0 Å². The third-order valence-corrected chi connectivity index (χ3v) is 5.97. The van der Waals surface area contributed by atoms with E-state index in [9.17, 15) is 4.79 Å². The molecule has 1 aliphatic rings. The van der Waals surface area contributed by atoms with E-state index in [-0.39, 0.29) is 5.91 Å². The van der Waals surface area contributed by atoms with Gasteiger partial charge in [-0.15, -0.1) is 0 Å². The van der Waals surface area contributed by atoms with Crippen molar-refractivity contribution in [2.24, 2.45) is 7.05 Å². The maximum Gasteiger partial charge on any atom is 0.253 e. The van der Waals surface area contributed by atoms with E-state index in [1.54, 1.807) is 0 Å². The molecule has 0 N–H and O–H groups in total. The Kier molecular flexibility index (Phi) is 4.34. The zero-order valence-electron chi connectivity index (χ0n) is 16.9. The third-order valence-electron chi connectivity index (χ3n) is 5.97. The van der Waals surface area contributed by atoms with Crippen LogP contribution in [0.15, 0.2) is 42.6 Å². The predicted octanol–water partition coefficient (Wildman–Crippen LogP) is 4.24. The molecule has 1 amide bonds. The lowest BCUT2D eigenvalue weighted by molar-refractivity contribution is 0.0724. The van der Waals surface area contributed by atoms with E-state index in [0.717, 1.165) is 71.6 Å². The Morgan fingerprint density at radius 1 is 1.10 bits per heavy atom. The highest BCUT2D eigenvalue weighted by molar-refractivity contribution is 5.98. The van der Waals surface area contributed by atoms with Gasteiger partial charge in [0.2, 0.25) is 0 Å². The molecular weight excluding hydrogens is 362 g/mol. The fraction of sp³-hybridized carbons (Fsp3) is 0.348. The van der Waals surface area contributed by atoms with Gasteiger partial charge < -0.3 is 14.0 Å². The summed E-state index contributed by atoms with van der Waals surface area (Å²) in [6.45, 7) is 4.65. The van der Waals surface area contributed by atoms with Gasteiger partial charge in [0.05, 0.1) is 16.7 Å². The van der Waals surface area contributed by atoms with E-state index >= 15 is 0 Å². The number of fused-ring (bicyclic) bond motifs is 2. The maximum atomic E-state index is 12.9. The smallest absolute Gasteiger partial charge is 0.253 e. The molecule has 5 rings (SSSR count). The number of pyridine rings is 1. The summed E-state index contributed by atoms with van der Waals surface area (Å²) in [5, 5.41) is 1.11. The molecular formula is C23H25N5O. The highest BCUT2D eigenvalue weighted by Gasteiger charge is 2.21. The van der Waals surface area contributed by atoms with Crippen LogP contribution in [0.5, 0.6) is 0 Å². The van der Waals surface area contributed by atoms with E-state index in [2.05, 4.69) is 33.2 Å². The van der Waals surface area contributed by atoms with Crippen molar-refractivity contribution in [2.75, 3.05) is 13.1 Å². The van der Waals surface area contributed by atoms with E-state index in [1.165, 1.54) is 6.42 Å². The number of hydrogen-bond acceptors (Lipinski definition) is 3. The van der Waals surface area contributed by atoms with Crippen molar-refractivity contribution in [2.45, 2.75) is 32.7 Å². The third kappa shape index (κ3) is 2.90.